The van der Waals surface area contributed by atoms with Crippen molar-refractivity contribution in [3.8, 4) is 6.07 Å². The van der Waals surface area contributed by atoms with E-state index in [-0.39, 0.29) is 23.9 Å². The minimum absolute atomic E-state index is 0.0875. The highest BCUT2D eigenvalue weighted by atomic mass is 19.1. The topological polar surface area (TPSA) is 71.6 Å². The van der Waals surface area contributed by atoms with Crippen molar-refractivity contribution in [1.82, 2.24) is 14.8 Å². The van der Waals surface area contributed by atoms with E-state index in [2.05, 4.69) is 16.3 Å². The van der Waals surface area contributed by atoms with Crippen LogP contribution in [-0.2, 0) is 17.8 Å². The maximum Gasteiger partial charge on any atom is 0.164 e. The highest BCUT2D eigenvalue weighted by Gasteiger charge is 2.29. The van der Waals surface area contributed by atoms with Crippen LogP contribution in [-0.4, -0.2) is 20.5 Å². The molecule has 130 valence electrons. The summed E-state index contributed by atoms with van der Waals surface area (Å²) in [5, 5.41) is 17.9. The lowest BCUT2D eigenvalue weighted by atomic mass is 9.91. The number of halogens is 1. The van der Waals surface area contributed by atoms with Crippen LogP contribution in [0.1, 0.15) is 61.7 Å². The van der Waals surface area contributed by atoms with Crippen molar-refractivity contribution in [3.63, 3.8) is 0 Å². The molecule has 2 atom stereocenters. The highest BCUT2D eigenvalue weighted by Crippen LogP contribution is 2.26. The number of hydrogen-bond donors (Lipinski definition) is 0. The van der Waals surface area contributed by atoms with E-state index in [4.69, 9.17) is 0 Å². The Kier molecular flexibility index (Phi) is 5.22. The summed E-state index contributed by atoms with van der Waals surface area (Å²) in [6.45, 7) is 2.67. The summed E-state index contributed by atoms with van der Waals surface area (Å²) < 4.78 is 15.0. The Morgan fingerprint density at radius 2 is 2.04 bits per heavy atom. The van der Waals surface area contributed by atoms with Gasteiger partial charge in [0.25, 0.3) is 0 Å². The second kappa shape index (κ2) is 7.56. The standard InChI is InChI=1S/C19H21FN4O/c1-13(14-6-8-15(20)9-7-14)11-17(25)16(12-21)19-23-22-18-5-3-2-4-10-24(18)19/h6-9,13,16H,2-5,10-11H2,1H3/t13-,16-/m1/s1. The Bertz CT molecular complexity index is 791. The molecule has 0 N–H and O–H groups in total. The zero-order valence-corrected chi connectivity index (χ0v) is 14.3. The largest absolute Gasteiger partial charge is 0.313 e. The first kappa shape index (κ1) is 17.3. The Balaban J connectivity index is 1.77. The van der Waals surface area contributed by atoms with Gasteiger partial charge in [-0.05, 0) is 36.5 Å². The highest BCUT2D eigenvalue weighted by molar-refractivity contribution is 5.88. The zero-order valence-electron chi connectivity index (χ0n) is 14.3. The number of ketones is 1. The Hall–Kier alpha value is -2.55. The number of aryl methyl sites for hydroxylation is 1. The average molecular weight is 340 g/mol. The van der Waals surface area contributed by atoms with E-state index >= 15 is 0 Å². The van der Waals surface area contributed by atoms with Crippen molar-refractivity contribution in [2.75, 3.05) is 0 Å². The molecule has 25 heavy (non-hydrogen) atoms. The van der Waals surface area contributed by atoms with E-state index < -0.39 is 5.92 Å². The van der Waals surface area contributed by atoms with Crippen LogP contribution in [0.25, 0.3) is 0 Å². The molecule has 0 unspecified atom stereocenters. The molecule has 0 radical (unpaired) electrons. The Labute approximate surface area is 146 Å². The fourth-order valence-corrected chi connectivity index (χ4v) is 3.32. The van der Waals surface area contributed by atoms with Gasteiger partial charge < -0.3 is 4.57 Å². The molecule has 0 aliphatic carbocycles. The monoisotopic (exact) mass is 340 g/mol. The molecular formula is C19H21FN4O. The first-order valence-corrected chi connectivity index (χ1v) is 8.70. The van der Waals surface area contributed by atoms with Crippen LogP contribution in [0.4, 0.5) is 4.39 Å². The number of carbonyl (C=O) groups is 1. The molecule has 2 aromatic rings. The summed E-state index contributed by atoms with van der Waals surface area (Å²) in [6, 6.07) is 8.24. The summed E-state index contributed by atoms with van der Waals surface area (Å²) in [5.74, 6) is -0.123. The van der Waals surface area contributed by atoms with Crippen molar-refractivity contribution in [3.05, 3.63) is 47.3 Å². The molecule has 0 spiro atoms. The third kappa shape index (κ3) is 3.76. The Morgan fingerprint density at radius 3 is 2.76 bits per heavy atom. The normalized spacial score (nSPS) is 16.4. The van der Waals surface area contributed by atoms with Gasteiger partial charge in [0.1, 0.15) is 11.6 Å². The molecule has 3 rings (SSSR count). The minimum atomic E-state index is -0.901. The van der Waals surface area contributed by atoms with E-state index in [1.54, 1.807) is 12.1 Å². The molecular weight excluding hydrogens is 319 g/mol. The predicted molar refractivity (Wildman–Crippen MR) is 90.4 cm³/mol. The van der Waals surface area contributed by atoms with Crippen molar-refractivity contribution in [2.24, 2.45) is 0 Å². The summed E-state index contributed by atoms with van der Waals surface area (Å²) in [4.78, 5) is 12.7. The van der Waals surface area contributed by atoms with E-state index in [1.807, 2.05) is 11.5 Å². The van der Waals surface area contributed by atoms with Crippen molar-refractivity contribution >= 4 is 5.78 Å². The number of nitriles is 1. The first-order valence-electron chi connectivity index (χ1n) is 8.70. The van der Waals surface area contributed by atoms with Gasteiger partial charge in [0.05, 0.1) is 6.07 Å². The number of carbonyl (C=O) groups excluding carboxylic acids is 1. The molecule has 5 nitrogen and oxygen atoms in total. The third-order valence-corrected chi connectivity index (χ3v) is 4.79. The van der Waals surface area contributed by atoms with Gasteiger partial charge >= 0.3 is 0 Å². The van der Waals surface area contributed by atoms with E-state index in [9.17, 15) is 14.4 Å². The van der Waals surface area contributed by atoms with Crippen LogP contribution in [0.5, 0.6) is 0 Å². The van der Waals surface area contributed by atoms with E-state index in [1.165, 1.54) is 12.1 Å². The van der Waals surface area contributed by atoms with Crippen molar-refractivity contribution in [2.45, 2.75) is 57.4 Å². The molecule has 1 aliphatic heterocycles. The predicted octanol–water partition coefficient (Wildman–Crippen LogP) is 3.51. The number of aromatic nitrogens is 3. The maximum atomic E-state index is 13.0. The molecule has 0 amide bonds. The molecule has 6 heteroatoms. The van der Waals surface area contributed by atoms with Gasteiger partial charge in [0.15, 0.2) is 17.5 Å². The molecule has 0 bridgehead atoms. The van der Waals surface area contributed by atoms with E-state index in [0.29, 0.717) is 5.82 Å². The molecule has 1 aromatic carbocycles. The number of nitrogens with zero attached hydrogens (tertiary/aromatic N) is 4. The number of hydrogen-bond acceptors (Lipinski definition) is 4. The Morgan fingerprint density at radius 1 is 1.28 bits per heavy atom. The van der Waals surface area contributed by atoms with Crippen LogP contribution in [0, 0.1) is 17.1 Å². The first-order chi connectivity index (χ1) is 12.1. The number of rotatable bonds is 5. The third-order valence-electron chi connectivity index (χ3n) is 4.79. The van der Waals surface area contributed by atoms with Crippen molar-refractivity contribution in [1.29, 1.82) is 5.26 Å². The van der Waals surface area contributed by atoms with Crippen LogP contribution in [0.2, 0.25) is 0 Å². The van der Waals surface area contributed by atoms with Crippen LogP contribution in [0.15, 0.2) is 24.3 Å². The summed E-state index contributed by atoms with van der Waals surface area (Å²) in [5.41, 5.74) is 0.881. The van der Waals surface area contributed by atoms with Gasteiger partial charge in [-0.15, -0.1) is 10.2 Å². The van der Waals surface area contributed by atoms with Gasteiger partial charge in [0.2, 0.25) is 0 Å². The van der Waals surface area contributed by atoms with Crippen LogP contribution >= 0.6 is 0 Å². The second-order valence-electron chi connectivity index (χ2n) is 6.62. The fourth-order valence-electron chi connectivity index (χ4n) is 3.32. The van der Waals surface area contributed by atoms with Gasteiger partial charge in [0, 0.05) is 19.4 Å². The molecule has 0 fully saturated rings. The van der Waals surface area contributed by atoms with Crippen LogP contribution in [0.3, 0.4) is 0 Å². The van der Waals surface area contributed by atoms with E-state index in [0.717, 1.165) is 43.6 Å². The smallest absolute Gasteiger partial charge is 0.164 e. The summed E-state index contributed by atoms with van der Waals surface area (Å²) >= 11 is 0. The fraction of sp³-hybridized carbons (Fsp3) is 0.474. The maximum absolute atomic E-state index is 13.0. The zero-order chi connectivity index (χ0) is 17.8. The van der Waals surface area contributed by atoms with Crippen molar-refractivity contribution < 1.29 is 9.18 Å². The lowest BCUT2D eigenvalue weighted by Gasteiger charge is -2.14. The number of benzene rings is 1. The molecule has 2 heterocycles. The molecule has 1 aromatic heterocycles. The summed E-state index contributed by atoms with van der Waals surface area (Å²) in [7, 11) is 0. The van der Waals surface area contributed by atoms with Gasteiger partial charge in [-0.25, -0.2) is 4.39 Å². The lowest BCUT2D eigenvalue weighted by molar-refractivity contribution is -0.119. The molecule has 0 saturated carbocycles. The average Bonchev–Trinajstić information content (AvgIpc) is 2.84. The van der Waals surface area contributed by atoms with Gasteiger partial charge in [-0.3, -0.25) is 4.79 Å². The quantitative estimate of drug-likeness (QED) is 0.835. The lowest BCUT2D eigenvalue weighted by Crippen LogP contribution is -2.19. The molecule has 1 aliphatic rings. The van der Waals surface area contributed by atoms with Gasteiger partial charge in [-0.1, -0.05) is 25.5 Å². The van der Waals surface area contributed by atoms with Gasteiger partial charge in [-0.2, -0.15) is 5.26 Å². The number of Topliss-reactive ketones (excluding diaryl/α,β-unsaturated/α-hetero) is 1. The van der Waals surface area contributed by atoms with Crippen LogP contribution < -0.4 is 0 Å². The second-order valence-corrected chi connectivity index (χ2v) is 6.62. The SMILES string of the molecule is C[C@H](CC(=O)[C@@H](C#N)c1nnc2n1CCCCC2)c1ccc(F)cc1. The minimum Gasteiger partial charge on any atom is -0.313 e. The number of fused-ring (bicyclic) bond motifs is 1. The summed E-state index contributed by atoms with van der Waals surface area (Å²) in [6.07, 6.45) is 4.24. The molecule has 0 saturated heterocycles.